The van der Waals surface area contributed by atoms with E-state index in [1.165, 1.54) is 5.56 Å². The van der Waals surface area contributed by atoms with Crippen LogP contribution in [0.2, 0.25) is 5.02 Å². The minimum Gasteiger partial charge on any atom is -0.489 e. The summed E-state index contributed by atoms with van der Waals surface area (Å²) in [5.41, 5.74) is 2.18. The van der Waals surface area contributed by atoms with Crippen molar-refractivity contribution in [2.24, 2.45) is 0 Å². The van der Waals surface area contributed by atoms with Crippen LogP contribution in [0, 0.1) is 6.92 Å². The number of halogens is 1. The molecule has 0 saturated heterocycles. The SMILES string of the molecule is CCC(CNc1ccccc1Cl)Oc1ccc(C)cc1. The van der Waals surface area contributed by atoms with Crippen molar-refractivity contribution in [3.05, 3.63) is 59.1 Å². The predicted octanol–water partition coefficient (Wildman–Crippen LogP) is 4.92. The molecule has 0 aliphatic heterocycles. The van der Waals surface area contributed by atoms with Crippen LogP contribution in [-0.2, 0) is 0 Å². The fourth-order valence-electron chi connectivity index (χ4n) is 1.91. The molecular weight excluding hydrogens is 270 g/mol. The van der Waals surface area contributed by atoms with Crippen molar-refractivity contribution in [2.45, 2.75) is 26.4 Å². The summed E-state index contributed by atoms with van der Waals surface area (Å²) in [6, 6.07) is 15.9. The number of nitrogens with one attached hydrogen (secondary N) is 1. The summed E-state index contributed by atoms with van der Waals surface area (Å²) in [6.07, 6.45) is 1.06. The first-order valence-electron chi connectivity index (χ1n) is 6.90. The first-order chi connectivity index (χ1) is 9.69. The number of anilines is 1. The van der Waals surface area contributed by atoms with Gasteiger partial charge in [0.25, 0.3) is 0 Å². The van der Waals surface area contributed by atoms with Crippen LogP contribution in [0.4, 0.5) is 5.69 Å². The molecule has 0 aliphatic carbocycles. The van der Waals surface area contributed by atoms with Crippen LogP contribution in [0.5, 0.6) is 5.75 Å². The maximum Gasteiger partial charge on any atom is 0.119 e. The molecule has 0 heterocycles. The van der Waals surface area contributed by atoms with Crippen molar-refractivity contribution in [1.29, 1.82) is 0 Å². The highest BCUT2D eigenvalue weighted by Gasteiger charge is 2.09. The highest BCUT2D eigenvalue weighted by atomic mass is 35.5. The number of para-hydroxylation sites is 1. The van der Waals surface area contributed by atoms with Gasteiger partial charge in [-0.3, -0.25) is 0 Å². The van der Waals surface area contributed by atoms with Gasteiger partial charge in [0.1, 0.15) is 11.9 Å². The van der Waals surface area contributed by atoms with Gasteiger partial charge in [0.15, 0.2) is 0 Å². The van der Waals surface area contributed by atoms with Gasteiger partial charge in [0.05, 0.1) is 17.3 Å². The Morgan fingerprint density at radius 1 is 1.10 bits per heavy atom. The second-order valence-electron chi connectivity index (χ2n) is 4.82. The van der Waals surface area contributed by atoms with Gasteiger partial charge >= 0.3 is 0 Å². The standard InChI is InChI=1S/C17H20ClNO/c1-3-14(20-15-10-8-13(2)9-11-15)12-19-17-7-5-4-6-16(17)18/h4-11,14,19H,3,12H2,1-2H3. The molecule has 1 unspecified atom stereocenters. The minimum absolute atomic E-state index is 0.119. The molecule has 106 valence electrons. The number of hydrogen-bond acceptors (Lipinski definition) is 2. The summed E-state index contributed by atoms with van der Waals surface area (Å²) in [5, 5.41) is 4.07. The van der Waals surface area contributed by atoms with Crippen LogP contribution >= 0.6 is 11.6 Å². The van der Waals surface area contributed by atoms with Gasteiger partial charge in [0.2, 0.25) is 0 Å². The Morgan fingerprint density at radius 2 is 1.80 bits per heavy atom. The number of hydrogen-bond donors (Lipinski definition) is 1. The van der Waals surface area contributed by atoms with Gasteiger partial charge in [-0.05, 0) is 37.6 Å². The maximum absolute atomic E-state index is 6.13. The molecule has 0 radical (unpaired) electrons. The van der Waals surface area contributed by atoms with E-state index in [1.807, 2.05) is 36.4 Å². The van der Waals surface area contributed by atoms with Crippen LogP contribution in [-0.4, -0.2) is 12.6 Å². The molecule has 0 amide bonds. The van der Waals surface area contributed by atoms with Crippen LogP contribution in [0.15, 0.2) is 48.5 Å². The molecule has 0 aromatic heterocycles. The van der Waals surface area contributed by atoms with E-state index in [0.717, 1.165) is 29.4 Å². The van der Waals surface area contributed by atoms with Gasteiger partial charge in [-0.15, -0.1) is 0 Å². The molecular formula is C17H20ClNO. The van der Waals surface area contributed by atoms with Crippen molar-refractivity contribution in [3.63, 3.8) is 0 Å². The second-order valence-corrected chi connectivity index (χ2v) is 5.23. The predicted molar refractivity (Wildman–Crippen MR) is 85.8 cm³/mol. The molecule has 2 rings (SSSR count). The van der Waals surface area contributed by atoms with Crippen LogP contribution in [0.3, 0.4) is 0 Å². The van der Waals surface area contributed by atoms with Crippen LogP contribution in [0.25, 0.3) is 0 Å². The Hall–Kier alpha value is -1.67. The molecule has 0 aliphatic rings. The van der Waals surface area contributed by atoms with E-state index < -0.39 is 0 Å². The Labute approximate surface area is 125 Å². The smallest absolute Gasteiger partial charge is 0.119 e. The summed E-state index contributed by atoms with van der Waals surface area (Å²) in [5.74, 6) is 0.906. The van der Waals surface area contributed by atoms with Gasteiger partial charge in [-0.1, -0.05) is 48.4 Å². The topological polar surface area (TPSA) is 21.3 Å². The fraction of sp³-hybridized carbons (Fsp3) is 0.294. The Bertz CT molecular complexity index is 539. The highest BCUT2D eigenvalue weighted by molar-refractivity contribution is 6.33. The third-order valence-corrected chi connectivity index (χ3v) is 3.50. The lowest BCUT2D eigenvalue weighted by Gasteiger charge is -2.19. The van der Waals surface area contributed by atoms with Crippen LogP contribution in [0.1, 0.15) is 18.9 Å². The maximum atomic E-state index is 6.13. The van der Waals surface area contributed by atoms with Gasteiger partial charge in [0, 0.05) is 0 Å². The molecule has 0 bridgehead atoms. The molecule has 2 aromatic carbocycles. The zero-order valence-corrected chi connectivity index (χ0v) is 12.7. The van der Waals surface area contributed by atoms with Crippen molar-refractivity contribution in [1.82, 2.24) is 0 Å². The van der Waals surface area contributed by atoms with Gasteiger partial charge in [-0.2, -0.15) is 0 Å². The lowest BCUT2D eigenvalue weighted by atomic mass is 10.2. The lowest BCUT2D eigenvalue weighted by Crippen LogP contribution is -2.25. The summed E-state index contributed by atoms with van der Waals surface area (Å²) in [4.78, 5) is 0. The fourth-order valence-corrected chi connectivity index (χ4v) is 2.11. The van der Waals surface area contributed by atoms with Crippen molar-refractivity contribution >= 4 is 17.3 Å². The van der Waals surface area contributed by atoms with Crippen molar-refractivity contribution < 1.29 is 4.74 Å². The quantitative estimate of drug-likeness (QED) is 0.815. The monoisotopic (exact) mass is 289 g/mol. The molecule has 1 N–H and O–H groups in total. The first-order valence-corrected chi connectivity index (χ1v) is 7.28. The van der Waals surface area contributed by atoms with E-state index in [0.29, 0.717) is 0 Å². The molecule has 0 saturated carbocycles. The molecule has 1 atom stereocenters. The van der Waals surface area contributed by atoms with E-state index >= 15 is 0 Å². The number of ether oxygens (including phenoxy) is 1. The largest absolute Gasteiger partial charge is 0.489 e. The number of benzene rings is 2. The average Bonchev–Trinajstić information content (AvgIpc) is 2.47. The highest BCUT2D eigenvalue weighted by Crippen LogP contribution is 2.21. The molecule has 2 nitrogen and oxygen atoms in total. The Kier molecular flexibility index (Phi) is 5.31. The third kappa shape index (κ3) is 4.17. The molecule has 0 spiro atoms. The first kappa shape index (κ1) is 14.7. The van der Waals surface area contributed by atoms with Gasteiger partial charge in [-0.25, -0.2) is 0 Å². The molecule has 20 heavy (non-hydrogen) atoms. The normalized spacial score (nSPS) is 11.9. The third-order valence-electron chi connectivity index (χ3n) is 3.17. The van der Waals surface area contributed by atoms with Crippen molar-refractivity contribution in [2.75, 3.05) is 11.9 Å². The zero-order chi connectivity index (χ0) is 14.4. The number of rotatable bonds is 6. The molecule has 0 fully saturated rings. The van der Waals surface area contributed by atoms with E-state index in [9.17, 15) is 0 Å². The molecule has 3 heteroatoms. The average molecular weight is 290 g/mol. The summed E-state index contributed by atoms with van der Waals surface area (Å²) >= 11 is 6.13. The minimum atomic E-state index is 0.119. The number of aryl methyl sites for hydroxylation is 1. The van der Waals surface area contributed by atoms with Crippen molar-refractivity contribution in [3.8, 4) is 5.75 Å². The van der Waals surface area contributed by atoms with Crippen LogP contribution < -0.4 is 10.1 Å². The summed E-state index contributed by atoms with van der Waals surface area (Å²) in [6.45, 7) is 4.92. The van der Waals surface area contributed by atoms with Gasteiger partial charge < -0.3 is 10.1 Å². The Balaban J connectivity index is 1.92. The van der Waals surface area contributed by atoms with E-state index in [-0.39, 0.29) is 6.10 Å². The zero-order valence-electron chi connectivity index (χ0n) is 11.9. The lowest BCUT2D eigenvalue weighted by molar-refractivity contribution is 0.210. The molecule has 2 aromatic rings. The second kappa shape index (κ2) is 7.20. The summed E-state index contributed by atoms with van der Waals surface area (Å²) in [7, 11) is 0. The van der Waals surface area contributed by atoms with E-state index in [4.69, 9.17) is 16.3 Å². The Morgan fingerprint density at radius 3 is 2.45 bits per heavy atom. The van der Waals surface area contributed by atoms with E-state index in [1.54, 1.807) is 0 Å². The van der Waals surface area contributed by atoms with E-state index in [2.05, 4.69) is 31.3 Å². The summed E-state index contributed by atoms with van der Waals surface area (Å²) < 4.78 is 5.97.